The van der Waals surface area contributed by atoms with Gasteiger partial charge in [-0.05, 0) is 60.7 Å². The van der Waals surface area contributed by atoms with Crippen LogP contribution in [0.15, 0.2) is 72.8 Å². The molecule has 0 N–H and O–H groups in total. The molecule has 0 aliphatic heterocycles. The van der Waals surface area contributed by atoms with Gasteiger partial charge >= 0.3 is 5.97 Å². The number of esters is 1. The van der Waals surface area contributed by atoms with Gasteiger partial charge in [0.2, 0.25) is 0 Å². The molecular formula is C24H24O2. The molecule has 2 heteroatoms. The average Bonchev–Trinajstić information content (AvgIpc) is 2.68. The molecule has 0 spiro atoms. The Morgan fingerprint density at radius 2 is 1.38 bits per heavy atom. The molecule has 26 heavy (non-hydrogen) atoms. The van der Waals surface area contributed by atoms with Gasteiger partial charge in [-0.3, -0.25) is 0 Å². The zero-order chi connectivity index (χ0) is 18.4. The zero-order valence-corrected chi connectivity index (χ0v) is 15.4. The summed E-state index contributed by atoms with van der Waals surface area (Å²) < 4.78 is 5.42. The van der Waals surface area contributed by atoms with Gasteiger partial charge in [0.05, 0.1) is 5.56 Å². The van der Waals surface area contributed by atoms with Crippen molar-refractivity contribution in [2.45, 2.75) is 33.1 Å². The van der Waals surface area contributed by atoms with Crippen LogP contribution in [0.25, 0.3) is 11.1 Å². The molecule has 0 amide bonds. The van der Waals surface area contributed by atoms with E-state index in [9.17, 15) is 4.79 Å². The van der Waals surface area contributed by atoms with Crippen LogP contribution in [0.2, 0.25) is 0 Å². The molecule has 0 bridgehead atoms. The van der Waals surface area contributed by atoms with E-state index in [2.05, 4.69) is 31.2 Å². The number of benzene rings is 3. The van der Waals surface area contributed by atoms with Crippen molar-refractivity contribution >= 4 is 5.97 Å². The maximum Gasteiger partial charge on any atom is 0.343 e. The molecule has 0 radical (unpaired) electrons. The molecule has 3 rings (SSSR count). The van der Waals surface area contributed by atoms with Crippen molar-refractivity contribution in [3.8, 4) is 16.9 Å². The summed E-state index contributed by atoms with van der Waals surface area (Å²) in [6.07, 6.45) is 3.56. The summed E-state index contributed by atoms with van der Waals surface area (Å²) in [5.41, 5.74) is 5.31. The molecule has 3 aromatic rings. The molecule has 3 aromatic carbocycles. The molecule has 0 aliphatic carbocycles. The summed E-state index contributed by atoms with van der Waals surface area (Å²) in [5.74, 6) is 0.225. The van der Waals surface area contributed by atoms with Crippen LogP contribution in [0.4, 0.5) is 0 Å². The summed E-state index contributed by atoms with van der Waals surface area (Å²) in [7, 11) is 0. The first-order valence-electron chi connectivity index (χ1n) is 9.14. The van der Waals surface area contributed by atoms with E-state index in [1.54, 1.807) is 0 Å². The molecular weight excluding hydrogens is 320 g/mol. The van der Waals surface area contributed by atoms with Gasteiger partial charge in [0.25, 0.3) is 0 Å². The zero-order valence-electron chi connectivity index (χ0n) is 15.4. The molecule has 132 valence electrons. The lowest BCUT2D eigenvalue weighted by Crippen LogP contribution is -2.08. The molecule has 0 aromatic heterocycles. The van der Waals surface area contributed by atoms with Crippen molar-refractivity contribution in [2.24, 2.45) is 0 Å². The van der Waals surface area contributed by atoms with Crippen LogP contribution in [0.5, 0.6) is 5.75 Å². The van der Waals surface area contributed by atoms with E-state index < -0.39 is 0 Å². The van der Waals surface area contributed by atoms with E-state index in [0.717, 1.165) is 23.1 Å². The van der Waals surface area contributed by atoms with Crippen LogP contribution in [0.1, 0.15) is 41.3 Å². The van der Waals surface area contributed by atoms with E-state index in [0.29, 0.717) is 11.3 Å². The maximum atomic E-state index is 12.3. The quantitative estimate of drug-likeness (QED) is 0.392. The second kappa shape index (κ2) is 8.48. The average molecular weight is 344 g/mol. The third-order valence-electron chi connectivity index (χ3n) is 4.46. The van der Waals surface area contributed by atoms with Crippen molar-refractivity contribution in [1.82, 2.24) is 0 Å². The monoisotopic (exact) mass is 344 g/mol. The van der Waals surface area contributed by atoms with Crippen molar-refractivity contribution in [3.63, 3.8) is 0 Å². The Morgan fingerprint density at radius 1 is 0.808 bits per heavy atom. The predicted molar refractivity (Wildman–Crippen MR) is 107 cm³/mol. The lowest BCUT2D eigenvalue weighted by atomic mass is 10.0. The first kappa shape index (κ1) is 17.9. The first-order chi connectivity index (χ1) is 12.7. The Balaban J connectivity index is 1.67. The third kappa shape index (κ3) is 4.60. The highest BCUT2D eigenvalue weighted by Crippen LogP contribution is 2.22. The van der Waals surface area contributed by atoms with Gasteiger partial charge in [-0.2, -0.15) is 0 Å². The summed E-state index contributed by atoms with van der Waals surface area (Å²) in [6.45, 7) is 4.21. The highest BCUT2D eigenvalue weighted by molar-refractivity contribution is 5.91. The summed E-state index contributed by atoms with van der Waals surface area (Å²) in [5, 5.41) is 0. The number of hydrogen-bond donors (Lipinski definition) is 0. The minimum atomic E-state index is -0.338. The van der Waals surface area contributed by atoms with Gasteiger partial charge < -0.3 is 4.74 Å². The highest BCUT2D eigenvalue weighted by atomic mass is 16.5. The van der Waals surface area contributed by atoms with Crippen molar-refractivity contribution in [2.75, 3.05) is 0 Å². The Kier molecular flexibility index (Phi) is 5.85. The lowest BCUT2D eigenvalue weighted by Gasteiger charge is -2.07. The van der Waals surface area contributed by atoms with Crippen LogP contribution in [0.3, 0.4) is 0 Å². The number of ether oxygens (including phenoxy) is 1. The standard InChI is InChI=1S/C24H24O2/c1-3-4-5-19-8-10-20(11-9-19)21-12-14-22(15-13-21)24(25)26-23-16-6-18(2)7-17-23/h6-17H,3-5H2,1-2H3. The summed E-state index contributed by atoms with van der Waals surface area (Å²) in [6, 6.07) is 23.7. The van der Waals surface area contributed by atoms with Crippen LogP contribution in [-0.2, 0) is 6.42 Å². The van der Waals surface area contributed by atoms with E-state index in [-0.39, 0.29) is 5.97 Å². The van der Waals surface area contributed by atoms with Crippen molar-refractivity contribution in [1.29, 1.82) is 0 Å². The van der Waals surface area contributed by atoms with Crippen molar-refractivity contribution in [3.05, 3.63) is 89.5 Å². The number of aryl methyl sites for hydroxylation is 2. The molecule has 2 nitrogen and oxygen atoms in total. The SMILES string of the molecule is CCCCc1ccc(-c2ccc(C(=O)Oc3ccc(C)cc3)cc2)cc1. The molecule has 0 unspecified atom stereocenters. The van der Waals surface area contributed by atoms with Gasteiger partial charge in [0.1, 0.15) is 5.75 Å². The number of carbonyl (C=O) groups is 1. The first-order valence-corrected chi connectivity index (χ1v) is 9.14. The Morgan fingerprint density at radius 3 is 1.96 bits per heavy atom. The van der Waals surface area contributed by atoms with Gasteiger partial charge in [0, 0.05) is 0 Å². The summed E-state index contributed by atoms with van der Waals surface area (Å²) in [4.78, 5) is 12.3. The van der Waals surface area contributed by atoms with Crippen LogP contribution in [0, 0.1) is 6.92 Å². The smallest absolute Gasteiger partial charge is 0.343 e. The molecule has 0 saturated heterocycles. The Hall–Kier alpha value is -2.87. The van der Waals surface area contributed by atoms with E-state index >= 15 is 0 Å². The van der Waals surface area contributed by atoms with Gasteiger partial charge in [-0.1, -0.05) is 67.4 Å². The van der Waals surface area contributed by atoms with Gasteiger partial charge in [-0.15, -0.1) is 0 Å². The van der Waals surface area contributed by atoms with Crippen LogP contribution in [-0.4, -0.2) is 5.97 Å². The fourth-order valence-electron chi connectivity index (χ4n) is 2.82. The topological polar surface area (TPSA) is 26.3 Å². The number of carbonyl (C=O) groups excluding carboxylic acids is 1. The number of unbranched alkanes of at least 4 members (excludes halogenated alkanes) is 1. The number of hydrogen-bond acceptors (Lipinski definition) is 2. The van der Waals surface area contributed by atoms with Gasteiger partial charge in [0.15, 0.2) is 0 Å². The molecule has 0 aliphatic rings. The minimum Gasteiger partial charge on any atom is -0.423 e. The second-order valence-corrected chi connectivity index (χ2v) is 6.58. The molecule has 0 fully saturated rings. The fourth-order valence-corrected chi connectivity index (χ4v) is 2.82. The summed E-state index contributed by atoms with van der Waals surface area (Å²) >= 11 is 0. The van der Waals surface area contributed by atoms with Crippen molar-refractivity contribution < 1.29 is 9.53 Å². The van der Waals surface area contributed by atoms with E-state index in [1.807, 2.05) is 55.5 Å². The van der Waals surface area contributed by atoms with E-state index in [4.69, 9.17) is 4.74 Å². The third-order valence-corrected chi connectivity index (χ3v) is 4.46. The maximum absolute atomic E-state index is 12.3. The molecule has 0 saturated carbocycles. The van der Waals surface area contributed by atoms with Crippen LogP contribution >= 0.6 is 0 Å². The largest absolute Gasteiger partial charge is 0.423 e. The Labute approximate surface area is 155 Å². The number of rotatable bonds is 6. The lowest BCUT2D eigenvalue weighted by molar-refractivity contribution is 0.0735. The van der Waals surface area contributed by atoms with E-state index in [1.165, 1.54) is 18.4 Å². The Bertz CT molecular complexity index is 844. The molecule has 0 heterocycles. The normalized spacial score (nSPS) is 10.5. The van der Waals surface area contributed by atoms with Gasteiger partial charge in [-0.25, -0.2) is 4.79 Å². The second-order valence-electron chi connectivity index (χ2n) is 6.58. The predicted octanol–water partition coefficient (Wildman–Crippen LogP) is 6.22. The minimum absolute atomic E-state index is 0.338. The van der Waals surface area contributed by atoms with Crippen LogP contribution < -0.4 is 4.74 Å². The fraction of sp³-hybridized carbons (Fsp3) is 0.208. The molecule has 0 atom stereocenters. The highest BCUT2D eigenvalue weighted by Gasteiger charge is 2.09.